The lowest BCUT2D eigenvalue weighted by atomic mass is 10.0. The van der Waals surface area contributed by atoms with Crippen molar-refractivity contribution in [2.24, 2.45) is 0 Å². The number of non-ortho nitro benzene ring substituents is 1. The molecule has 0 saturated carbocycles. The summed E-state index contributed by atoms with van der Waals surface area (Å²) >= 11 is 0. The van der Waals surface area contributed by atoms with Crippen LogP contribution in [0.15, 0.2) is 71.6 Å². The molecule has 1 heterocycles. The number of amides is 2. The Morgan fingerprint density at radius 3 is 2.34 bits per heavy atom. The molecule has 2 N–H and O–H groups in total. The number of nitrogens with one attached hydrogen (secondary N) is 1. The van der Waals surface area contributed by atoms with E-state index in [2.05, 4.69) is 5.32 Å². The number of carboxylic acids is 1. The highest BCUT2D eigenvalue weighted by Gasteiger charge is 2.47. The molecule has 4 rings (SSSR count). The summed E-state index contributed by atoms with van der Waals surface area (Å²) in [5.41, 5.74) is -0.264. The molecule has 1 aliphatic rings. The zero-order valence-corrected chi connectivity index (χ0v) is 24.2. The third kappa shape index (κ3) is 6.60. The highest BCUT2D eigenvalue weighted by molar-refractivity contribution is 7.89. The maximum absolute atomic E-state index is 13.9. The maximum atomic E-state index is 13.9. The number of nitro benzene ring substituents is 1. The average molecular weight is 631 g/mol. The molecule has 1 fully saturated rings. The molecule has 3 aromatic carbocycles. The van der Waals surface area contributed by atoms with Gasteiger partial charge in [0, 0.05) is 30.8 Å². The topological polar surface area (TPSA) is 186 Å². The smallest absolute Gasteiger partial charge is 0.305 e. The van der Waals surface area contributed by atoms with Gasteiger partial charge in [-0.15, -0.1) is 0 Å². The van der Waals surface area contributed by atoms with E-state index in [0.29, 0.717) is 5.75 Å². The number of nitro groups is 1. The number of benzene rings is 3. The predicted molar refractivity (Wildman–Crippen MR) is 151 cm³/mol. The highest BCUT2D eigenvalue weighted by Crippen LogP contribution is 2.31. The lowest BCUT2D eigenvalue weighted by Gasteiger charge is -2.30. The van der Waals surface area contributed by atoms with E-state index in [1.807, 2.05) is 0 Å². The Bertz CT molecular complexity index is 1700. The van der Waals surface area contributed by atoms with Gasteiger partial charge in [0.25, 0.3) is 17.5 Å². The number of nitrogens with zero attached hydrogens (tertiary/aromatic N) is 3. The van der Waals surface area contributed by atoms with Crippen LogP contribution < -0.4 is 14.8 Å². The second kappa shape index (κ2) is 13.0. The number of hydrogen-bond donors (Lipinski definition) is 2. The molecule has 0 spiro atoms. The molecule has 3 aromatic rings. The number of carboxylic acid groups (broad SMARTS) is 1. The van der Waals surface area contributed by atoms with Crippen molar-refractivity contribution in [3.8, 4) is 11.5 Å². The van der Waals surface area contributed by atoms with Gasteiger partial charge < -0.3 is 24.8 Å². The van der Waals surface area contributed by atoms with Crippen molar-refractivity contribution in [3.63, 3.8) is 0 Å². The SMILES string of the molecule is COc1ccc(C(=O)N2CCN(S(=O)(=O)c3ccc(F)cc3)C2C(=O)NC(CC(=O)O)c2cccc([N+](=O)[O-])c2)cc1OC. The minimum atomic E-state index is -4.50. The largest absolute Gasteiger partial charge is 0.493 e. The summed E-state index contributed by atoms with van der Waals surface area (Å²) in [6, 6.07) is 11.7. The van der Waals surface area contributed by atoms with Crippen molar-refractivity contribution in [1.82, 2.24) is 14.5 Å². The number of carbonyl (C=O) groups is 3. The van der Waals surface area contributed by atoms with E-state index in [1.165, 1.54) is 50.6 Å². The molecule has 1 saturated heterocycles. The fraction of sp³-hybridized carbons (Fsp3) is 0.250. The third-order valence-corrected chi connectivity index (χ3v) is 8.72. The molecule has 16 heteroatoms. The van der Waals surface area contributed by atoms with Gasteiger partial charge in [-0.3, -0.25) is 24.5 Å². The number of ether oxygens (including phenoxy) is 2. The monoisotopic (exact) mass is 630 g/mol. The molecular formula is C28H27FN4O10S. The highest BCUT2D eigenvalue weighted by atomic mass is 32.2. The van der Waals surface area contributed by atoms with Crippen LogP contribution in [0.25, 0.3) is 0 Å². The first-order chi connectivity index (χ1) is 20.9. The van der Waals surface area contributed by atoms with Gasteiger partial charge in [0.15, 0.2) is 17.7 Å². The molecule has 232 valence electrons. The lowest BCUT2D eigenvalue weighted by Crippen LogP contribution is -2.54. The number of carbonyl (C=O) groups excluding carboxylic acids is 2. The fourth-order valence-electron chi connectivity index (χ4n) is 4.75. The Hall–Kier alpha value is -5.09. The van der Waals surface area contributed by atoms with E-state index in [1.54, 1.807) is 0 Å². The summed E-state index contributed by atoms with van der Waals surface area (Å²) in [4.78, 5) is 50.6. The second-order valence-electron chi connectivity index (χ2n) is 9.52. The lowest BCUT2D eigenvalue weighted by molar-refractivity contribution is -0.384. The van der Waals surface area contributed by atoms with Crippen LogP contribution in [0.4, 0.5) is 10.1 Å². The zero-order chi connectivity index (χ0) is 32.2. The Balaban J connectivity index is 1.76. The van der Waals surface area contributed by atoms with Gasteiger partial charge >= 0.3 is 5.97 Å². The van der Waals surface area contributed by atoms with Crippen LogP contribution in [0.3, 0.4) is 0 Å². The van der Waals surface area contributed by atoms with Crippen molar-refractivity contribution in [2.45, 2.75) is 23.5 Å². The Kier molecular flexibility index (Phi) is 9.44. The first-order valence-corrected chi connectivity index (χ1v) is 14.4. The Labute approximate surface area is 250 Å². The molecule has 0 bridgehead atoms. The first kappa shape index (κ1) is 31.8. The van der Waals surface area contributed by atoms with E-state index >= 15 is 0 Å². The van der Waals surface area contributed by atoms with Gasteiger partial charge in [-0.1, -0.05) is 12.1 Å². The molecule has 0 radical (unpaired) electrons. The number of methoxy groups -OCH3 is 2. The Morgan fingerprint density at radius 2 is 1.73 bits per heavy atom. The van der Waals surface area contributed by atoms with Crippen LogP contribution >= 0.6 is 0 Å². The summed E-state index contributed by atoms with van der Waals surface area (Å²) in [5.74, 6) is -3.37. The average Bonchev–Trinajstić information content (AvgIpc) is 3.46. The molecule has 2 atom stereocenters. The maximum Gasteiger partial charge on any atom is 0.305 e. The van der Waals surface area contributed by atoms with Gasteiger partial charge in [-0.25, -0.2) is 12.8 Å². The molecule has 44 heavy (non-hydrogen) atoms. The predicted octanol–water partition coefficient (Wildman–Crippen LogP) is 2.56. The van der Waals surface area contributed by atoms with Crippen molar-refractivity contribution in [1.29, 1.82) is 0 Å². The van der Waals surface area contributed by atoms with Crippen molar-refractivity contribution in [2.75, 3.05) is 27.3 Å². The van der Waals surface area contributed by atoms with E-state index < -0.39 is 57.2 Å². The van der Waals surface area contributed by atoms with Crippen molar-refractivity contribution < 1.29 is 46.7 Å². The summed E-state index contributed by atoms with van der Waals surface area (Å²) < 4.78 is 52.1. The summed E-state index contributed by atoms with van der Waals surface area (Å²) in [6.45, 7) is -0.580. The van der Waals surface area contributed by atoms with E-state index in [4.69, 9.17) is 9.47 Å². The number of aliphatic carboxylic acids is 1. The van der Waals surface area contributed by atoms with Gasteiger partial charge in [0.2, 0.25) is 10.0 Å². The number of rotatable bonds is 11. The van der Waals surface area contributed by atoms with Crippen LogP contribution in [-0.4, -0.2) is 78.9 Å². The molecule has 2 amide bonds. The zero-order valence-electron chi connectivity index (χ0n) is 23.4. The minimum Gasteiger partial charge on any atom is -0.493 e. The number of sulfonamides is 1. The minimum absolute atomic E-state index is 0.0299. The Morgan fingerprint density at radius 1 is 1.05 bits per heavy atom. The standard InChI is InChI=1S/C28H27FN4O10S/c1-42-23-11-6-18(15-24(23)43-2)28(37)31-12-13-32(44(40,41)21-9-7-19(29)8-10-21)27(31)26(36)30-22(16-25(34)35)17-4-3-5-20(14-17)33(38)39/h3-11,14-15,22,27H,12-13,16H2,1-2H3,(H,30,36)(H,34,35). The van der Waals surface area contributed by atoms with Crippen LogP contribution in [-0.2, 0) is 19.6 Å². The van der Waals surface area contributed by atoms with Crippen molar-refractivity contribution in [3.05, 3.63) is 93.8 Å². The summed E-state index contributed by atoms with van der Waals surface area (Å²) in [7, 11) is -1.75. The molecule has 14 nitrogen and oxygen atoms in total. The summed E-state index contributed by atoms with van der Waals surface area (Å²) in [5, 5.41) is 23.3. The van der Waals surface area contributed by atoms with Crippen LogP contribution in [0.1, 0.15) is 28.4 Å². The molecular weight excluding hydrogens is 603 g/mol. The first-order valence-electron chi connectivity index (χ1n) is 12.9. The van der Waals surface area contributed by atoms with E-state index in [-0.39, 0.29) is 40.5 Å². The molecule has 0 aromatic heterocycles. The van der Waals surface area contributed by atoms with Gasteiger partial charge in [-0.2, -0.15) is 4.31 Å². The number of halogens is 1. The number of hydrogen-bond acceptors (Lipinski definition) is 9. The second-order valence-corrected chi connectivity index (χ2v) is 11.4. The van der Waals surface area contributed by atoms with Gasteiger partial charge in [0.05, 0.1) is 36.5 Å². The van der Waals surface area contributed by atoms with E-state index in [9.17, 15) is 42.4 Å². The van der Waals surface area contributed by atoms with Gasteiger partial charge in [0.1, 0.15) is 5.82 Å². The van der Waals surface area contributed by atoms with E-state index in [0.717, 1.165) is 39.5 Å². The van der Waals surface area contributed by atoms with Crippen molar-refractivity contribution >= 4 is 33.5 Å². The molecule has 2 unspecified atom stereocenters. The normalized spacial score (nSPS) is 15.8. The molecule has 0 aliphatic carbocycles. The fourth-order valence-corrected chi connectivity index (χ4v) is 6.29. The van der Waals surface area contributed by atoms with Crippen LogP contribution in [0, 0.1) is 15.9 Å². The molecule has 1 aliphatic heterocycles. The van der Waals surface area contributed by atoms with Crippen LogP contribution in [0.2, 0.25) is 0 Å². The quantitative estimate of drug-likeness (QED) is 0.236. The third-order valence-electron chi connectivity index (χ3n) is 6.85. The van der Waals surface area contributed by atoms with Crippen LogP contribution in [0.5, 0.6) is 11.5 Å². The van der Waals surface area contributed by atoms with Gasteiger partial charge in [-0.05, 0) is 48.0 Å². The summed E-state index contributed by atoms with van der Waals surface area (Å²) in [6.07, 6.45) is -2.53.